The van der Waals surface area contributed by atoms with Crippen LogP contribution in [0, 0.1) is 6.92 Å². The fourth-order valence-electron chi connectivity index (χ4n) is 2.19. The molecule has 0 amide bonds. The Hall–Kier alpha value is -1.48. The van der Waals surface area contributed by atoms with Gasteiger partial charge in [0, 0.05) is 30.2 Å². The molecule has 1 heterocycles. The first kappa shape index (κ1) is 12.0. The summed E-state index contributed by atoms with van der Waals surface area (Å²) in [7, 11) is 2.07. The van der Waals surface area contributed by atoms with Gasteiger partial charge in [-0.25, -0.2) is 0 Å². The average Bonchev–Trinajstić information content (AvgIpc) is 2.59. The van der Waals surface area contributed by atoms with Gasteiger partial charge in [0.2, 0.25) is 0 Å². The van der Waals surface area contributed by atoms with Gasteiger partial charge in [0.15, 0.2) is 0 Å². The lowest BCUT2D eigenvalue weighted by molar-refractivity contribution is 0.318. The number of rotatable bonds is 4. The molecule has 2 N–H and O–H groups in total. The lowest BCUT2D eigenvalue weighted by atomic mass is 10.1. The normalized spacial score (nSPS) is 11.1. The van der Waals surface area contributed by atoms with Gasteiger partial charge in [-0.3, -0.25) is 0 Å². The van der Waals surface area contributed by atoms with Crippen molar-refractivity contribution in [2.45, 2.75) is 26.8 Å². The largest absolute Gasteiger partial charge is 0.494 e. The van der Waals surface area contributed by atoms with Crippen LogP contribution in [-0.4, -0.2) is 11.2 Å². The van der Waals surface area contributed by atoms with E-state index in [4.69, 9.17) is 10.5 Å². The Kier molecular flexibility index (Phi) is 3.38. The van der Waals surface area contributed by atoms with Crippen LogP contribution in [0.3, 0.4) is 0 Å². The minimum absolute atomic E-state index is 0.570. The van der Waals surface area contributed by atoms with Gasteiger partial charge in [-0.05, 0) is 37.1 Å². The minimum Gasteiger partial charge on any atom is -0.494 e. The van der Waals surface area contributed by atoms with Crippen molar-refractivity contribution in [3.05, 3.63) is 29.5 Å². The van der Waals surface area contributed by atoms with E-state index in [1.165, 1.54) is 22.2 Å². The highest BCUT2D eigenvalue weighted by Gasteiger charge is 2.11. The number of aryl methyl sites for hydroxylation is 1. The van der Waals surface area contributed by atoms with Crippen molar-refractivity contribution in [2.75, 3.05) is 6.61 Å². The first-order chi connectivity index (χ1) is 8.19. The lowest BCUT2D eigenvalue weighted by Crippen LogP contribution is -1.99. The maximum Gasteiger partial charge on any atom is 0.120 e. The Morgan fingerprint density at radius 1 is 1.35 bits per heavy atom. The summed E-state index contributed by atoms with van der Waals surface area (Å²) in [5.41, 5.74) is 9.48. The topological polar surface area (TPSA) is 40.2 Å². The number of nitrogens with two attached hydrogens (primary N) is 1. The van der Waals surface area contributed by atoms with Gasteiger partial charge in [-0.1, -0.05) is 6.92 Å². The van der Waals surface area contributed by atoms with Crippen molar-refractivity contribution >= 4 is 10.9 Å². The smallest absolute Gasteiger partial charge is 0.120 e. The number of aromatic nitrogens is 1. The van der Waals surface area contributed by atoms with E-state index in [2.05, 4.69) is 37.6 Å². The van der Waals surface area contributed by atoms with Crippen molar-refractivity contribution < 1.29 is 4.74 Å². The van der Waals surface area contributed by atoms with Crippen molar-refractivity contribution in [3.8, 4) is 5.75 Å². The van der Waals surface area contributed by atoms with Crippen LogP contribution in [0.4, 0.5) is 0 Å². The third-order valence-electron chi connectivity index (χ3n) is 3.27. The summed E-state index contributed by atoms with van der Waals surface area (Å²) in [5, 5.41) is 1.21. The first-order valence-electron chi connectivity index (χ1n) is 6.09. The highest BCUT2D eigenvalue weighted by molar-refractivity contribution is 5.86. The summed E-state index contributed by atoms with van der Waals surface area (Å²) in [6, 6.07) is 6.23. The number of nitrogens with zero attached hydrogens (tertiary/aromatic N) is 1. The van der Waals surface area contributed by atoms with E-state index in [0.29, 0.717) is 6.54 Å². The molecule has 1 aromatic heterocycles. The molecule has 0 aliphatic heterocycles. The molecule has 0 atom stereocenters. The molecule has 1 aromatic carbocycles. The SMILES string of the molecule is CCCOc1ccc2c(c1)c(CN)c(C)n2C. The highest BCUT2D eigenvalue weighted by Crippen LogP contribution is 2.28. The molecule has 0 saturated heterocycles. The molecule has 0 radical (unpaired) electrons. The Morgan fingerprint density at radius 3 is 2.76 bits per heavy atom. The van der Waals surface area contributed by atoms with Gasteiger partial charge in [0.25, 0.3) is 0 Å². The van der Waals surface area contributed by atoms with Crippen molar-refractivity contribution in [3.63, 3.8) is 0 Å². The molecule has 3 heteroatoms. The Balaban J connectivity index is 2.52. The molecular weight excluding hydrogens is 212 g/mol. The predicted molar refractivity (Wildman–Crippen MR) is 71.3 cm³/mol. The molecule has 2 aromatic rings. The van der Waals surface area contributed by atoms with Crippen LogP contribution in [0.2, 0.25) is 0 Å². The predicted octanol–water partition coefficient (Wildman–Crippen LogP) is 2.73. The van der Waals surface area contributed by atoms with E-state index in [-0.39, 0.29) is 0 Å². The van der Waals surface area contributed by atoms with Gasteiger partial charge in [-0.15, -0.1) is 0 Å². The molecule has 0 unspecified atom stereocenters. The maximum atomic E-state index is 5.83. The summed E-state index contributed by atoms with van der Waals surface area (Å²) >= 11 is 0. The third-order valence-corrected chi connectivity index (χ3v) is 3.27. The summed E-state index contributed by atoms with van der Waals surface area (Å²) in [6.07, 6.45) is 1.02. The Morgan fingerprint density at radius 2 is 2.12 bits per heavy atom. The fraction of sp³-hybridized carbons (Fsp3) is 0.429. The molecule has 3 nitrogen and oxygen atoms in total. The van der Waals surface area contributed by atoms with Crippen molar-refractivity contribution in [1.82, 2.24) is 4.57 Å². The lowest BCUT2D eigenvalue weighted by Gasteiger charge is -2.05. The van der Waals surface area contributed by atoms with Gasteiger partial charge in [0.05, 0.1) is 6.61 Å². The van der Waals surface area contributed by atoms with Gasteiger partial charge in [-0.2, -0.15) is 0 Å². The molecule has 0 saturated carbocycles. The highest BCUT2D eigenvalue weighted by atomic mass is 16.5. The van der Waals surface area contributed by atoms with Crippen LogP contribution in [-0.2, 0) is 13.6 Å². The van der Waals surface area contributed by atoms with E-state index in [9.17, 15) is 0 Å². The number of benzene rings is 1. The van der Waals surface area contributed by atoms with Crippen LogP contribution in [0.25, 0.3) is 10.9 Å². The second kappa shape index (κ2) is 4.80. The molecule has 0 spiro atoms. The zero-order chi connectivity index (χ0) is 12.4. The number of ether oxygens (including phenoxy) is 1. The number of hydrogen-bond acceptors (Lipinski definition) is 2. The van der Waals surface area contributed by atoms with E-state index < -0.39 is 0 Å². The van der Waals surface area contributed by atoms with Crippen LogP contribution in [0.15, 0.2) is 18.2 Å². The average molecular weight is 232 g/mol. The van der Waals surface area contributed by atoms with Crippen LogP contribution >= 0.6 is 0 Å². The fourth-order valence-corrected chi connectivity index (χ4v) is 2.19. The van der Waals surface area contributed by atoms with Gasteiger partial charge >= 0.3 is 0 Å². The third kappa shape index (κ3) is 2.03. The summed E-state index contributed by atoms with van der Waals surface area (Å²) in [6.45, 7) is 5.54. The summed E-state index contributed by atoms with van der Waals surface area (Å²) in [4.78, 5) is 0. The van der Waals surface area contributed by atoms with Gasteiger partial charge < -0.3 is 15.0 Å². The summed E-state index contributed by atoms with van der Waals surface area (Å²) in [5.74, 6) is 0.930. The van der Waals surface area contributed by atoms with Crippen molar-refractivity contribution in [1.29, 1.82) is 0 Å². The van der Waals surface area contributed by atoms with Crippen LogP contribution < -0.4 is 10.5 Å². The Labute approximate surface area is 102 Å². The maximum absolute atomic E-state index is 5.83. The molecule has 0 aliphatic carbocycles. The van der Waals surface area contributed by atoms with Crippen LogP contribution in [0.5, 0.6) is 5.75 Å². The number of fused-ring (bicyclic) bond motifs is 1. The zero-order valence-electron chi connectivity index (χ0n) is 10.8. The van der Waals surface area contributed by atoms with Crippen LogP contribution in [0.1, 0.15) is 24.6 Å². The zero-order valence-corrected chi connectivity index (χ0v) is 10.8. The second-order valence-electron chi connectivity index (χ2n) is 4.35. The van der Waals surface area contributed by atoms with E-state index in [1.54, 1.807) is 0 Å². The molecule has 0 bridgehead atoms. The standard InChI is InChI=1S/C14H20N2O/c1-4-7-17-11-5-6-14-12(8-11)13(9-15)10(2)16(14)3/h5-6,8H,4,7,9,15H2,1-3H3. The Bertz CT molecular complexity index is 528. The molecule has 17 heavy (non-hydrogen) atoms. The van der Waals surface area contributed by atoms with E-state index in [1.807, 2.05) is 6.07 Å². The molecule has 2 rings (SSSR count). The molecule has 0 fully saturated rings. The number of hydrogen-bond donors (Lipinski definition) is 1. The minimum atomic E-state index is 0.570. The van der Waals surface area contributed by atoms with Crippen molar-refractivity contribution in [2.24, 2.45) is 12.8 Å². The monoisotopic (exact) mass is 232 g/mol. The molecular formula is C14H20N2O. The van der Waals surface area contributed by atoms with E-state index in [0.717, 1.165) is 18.8 Å². The van der Waals surface area contributed by atoms with Gasteiger partial charge in [0.1, 0.15) is 5.75 Å². The molecule has 92 valence electrons. The summed E-state index contributed by atoms with van der Waals surface area (Å²) < 4.78 is 7.84. The second-order valence-corrected chi connectivity index (χ2v) is 4.35. The quantitative estimate of drug-likeness (QED) is 0.880. The molecule has 0 aliphatic rings. The van der Waals surface area contributed by atoms with E-state index >= 15 is 0 Å². The first-order valence-corrected chi connectivity index (χ1v) is 6.09.